The second-order valence-electron chi connectivity index (χ2n) is 6.66. The Kier molecular flexibility index (Phi) is 3.86. The monoisotopic (exact) mass is 344 g/mol. The Balaban J connectivity index is 1.45. The van der Waals surface area contributed by atoms with Crippen molar-refractivity contribution in [2.45, 2.75) is 44.2 Å². The third-order valence-corrected chi connectivity index (χ3v) is 5.14. The Morgan fingerprint density at radius 2 is 2.20 bits per heavy atom. The van der Waals surface area contributed by atoms with Gasteiger partial charge in [0.25, 0.3) is 0 Å². The molecule has 1 aromatic heterocycles. The van der Waals surface area contributed by atoms with E-state index >= 15 is 0 Å². The number of nitrogens with zero attached hydrogens (tertiary/aromatic N) is 1. The Morgan fingerprint density at radius 3 is 2.96 bits per heavy atom. The maximum atomic E-state index is 12.6. The van der Waals surface area contributed by atoms with Crippen molar-refractivity contribution in [3.05, 3.63) is 24.1 Å². The number of aromatic nitrogens is 1. The topological polar surface area (TPSA) is 90.7 Å². The Morgan fingerprint density at radius 1 is 1.40 bits per heavy atom. The van der Waals surface area contributed by atoms with E-state index in [-0.39, 0.29) is 24.8 Å². The number of esters is 1. The maximum Gasteiger partial charge on any atom is 0.307 e. The second kappa shape index (κ2) is 6.06. The molecule has 4 rings (SSSR count). The predicted molar refractivity (Wildman–Crippen MR) is 87.8 cm³/mol. The minimum Gasteiger partial charge on any atom is -0.497 e. The van der Waals surface area contributed by atoms with Crippen molar-refractivity contribution >= 4 is 23.0 Å². The molecule has 2 heterocycles. The van der Waals surface area contributed by atoms with Gasteiger partial charge in [0.05, 0.1) is 26.0 Å². The lowest BCUT2D eigenvalue weighted by Gasteiger charge is -2.27. The number of rotatable bonds is 4. The molecule has 2 aliphatic rings. The van der Waals surface area contributed by atoms with Crippen LogP contribution in [0.1, 0.15) is 38.0 Å². The number of hydrogen-bond acceptors (Lipinski definition) is 6. The normalized spacial score (nSPS) is 21.6. The highest BCUT2D eigenvalue weighted by Crippen LogP contribution is 2.45. The zero-order chi connectivity index (χ0) is 17.4. The van der Waals surface area contributed by atoms with Gasteiger partial charge < -0.3 is 19.2 Å². The van der Waals surface area contributed by atoms with Gasteiger partial charge in [0, 0.05) is 6.07 Å². The zero-order valence-corrected chi connectivity index (χ0v) is 14.0. The smallest absolute Gasteiger partial charge is 0.307 e. The highest BCUT2D eigenvalue weighted by molar-refractivity contribution is 5.88. The quantitative estimate of drug-likeness (QED) is 0.856. The van der Waals surface area contributed by atoms with Crippen molar-refractivity contribution in [2.24, 2.45) is 5.92 Å². The van der Waals surface area contributed by atoms with Crippen LogP contribution in [0, 0.1) is 5.92 Å². The van der Waals surface area contributed by atoms with Gasteiger partial charge in [-0.3, -0.25) is 9.59 Å². The summed E-state index contributed by atoms with van der Waals surface area (Å²) in [6, 6.07) is 5.35. The summed E-state index contributed by atoms with van der Waals surface area (Å²) in [6.45, 7) is 0.177. The minimum atomic E-state index is -0.601. The van der Waals surface area contributed by atoms with E-state index in [9.17, 15) is 9.59 Å². The summed E-state index contributed by atoms with van der Waals surface area (Å²) in [5, 5.41) is 2.84. The summed E-state index contributed by atoms with van der Waals surface area (Å²) >= 11 is 0. The molecule has 7 heteroatoms. The summed E-state index contributed by atoms with van der Waals surface area (Å²) in [5.41, 5.74) is 0.711. The summed E-state index contributed by atoms with van der Waals surface area (Å²) in [5.74, 6) is 0.235. The third-order valence-electron chi connectivity index (χ3n) is 5.14. The lowest BCUT2D eigenvalue weighted by Crippen LogP contribution is -2.42. The molecule has 1 N–H and O–H groups in total. The highest BCUT2D eigenvalue weighted by atomic mass is 16.6. The van der Waals surface area contributed by atoms with Gasteiger partial charge in [-0.05, 0) is 37.8 Å². The van der Waals surface area contributed by atoms with Crippen LogP contribution in [0.2, 0.25) is 0 Å². The number of nitrogens with one attached hydrogen (secondary N) is 1. The van der Waals surface area contributed by atoms with E-state index in [0.717, 1.165) is 25.7 Å². The lowest BCUT2D eigenvalue weighted by molar-refractivity contribution is -0.150. The third kappa shape index (κ3) is 2.83. The molecule has 0 radical (unpaired) electrons. The maximum absolute atomic E-state index is 12.6. The van der Waals surface area contributed by atoms with Crippen LogP contribution in [0.25, 0.3) is 11.1 Å². The van der Waals surface area contributed by atoms with E-state index in [2.05, 4.69) is 10.3 Å². The molecule has 25 heavy (non-hydrogen) atoms. The fourth-order valence-corrected chi connectivity index (χ4v) is 3.89. The Labute approximate surface area is 144 Å². The van der Waals surface area contributed by atoms with Crippen LogP contribution >= 0.6 is 0 Å². The van der Waals surface area contributed by atoms with E-state index in [1.165, 1.54) is 0 Å². The molecule has 132 valence electrons. The number of carbonyl (C=O) groups is 2. The first kappa shape index (κ1) is 15.9. The van der Waals surface area contributed by atoms with Gasteiger partial charge in [-0.2, -0.15) is 0 Å². The van der Waals surface area contributed by atoms with Gasteiger partial charge in [0.15, 0.2) is 5.58 Å². The van der Waals surface area contributed by atoms with Crippen molar-refractivity contribution in [3.63, 3.8) is 0 Å². The van der Waals surface area contributed by atoms with Crippen LogP contribution in [-0.4, -0.2) is 29.6 Å². The first-order chi connectivity index (χ1) is 12.1. The number of benzene rings is 1. The Bertz CT molecular complexity index is 822. The van der Waals surface area contributed by atoms with Gasteiger partial charge in [0.2, 0.25) is 11.8 Å². The van der Waals surface area contributed by atoms with Crippen molar-refractivity contribution in [3.8, 4) is 5.75 Å². The molecule has 0 bridgehead atoms. The second-order valence-corrected chi connectivity index (χ2v) is 6.66. The molecule has 2 fully saturated rings. The molecule has 2 aromatic rings. The minimum absolute atomic E-state index is 0.149. The van der Waals surface area contributed by atoms with E-state index in [0.29, 0.717) is 22.7 Å². The molecule has 1 amide bonds. The number of oxazole rings is 1. The molecule has 1 aliphatic heterocycles. The summed E-state index contributed by atoms with van der Waals surface area (Å²) in [7, 11) is 1.59. The fourth-order valence-electron chi connectivity index (χ4n) is 3.89. The number of hydrogen-bond donors (Lipinski definition) is 1. The van der Waals surface area contributed by atoms with Crippen molar-refractivity contribution in [2.75, 3.05) is 7.11 Å². The van der Waals surface area contributed by atoms with E-state index in [1.807, 2.05) is 0 Å². The summed E-state index contributed by atoms with van der Waals surface area (Å²) in [6.07, 6.45) is 3.66. The van der Waals surface area contributed by atoms with Crippen molar-refractivity contribution in [1.82, 2.24) is 10.3 Å². The molecule has 1 saturated carbocycles. The molecular weight excluding hydrogens is 324 g/mol. The summed E-state index contributed by atoms with van der Waals surface area (Å²) in [4.78, 5) is 28.7. The number of carbonyl (C=O) groups excluding carboxylic acids is 2. The van der Waals surface area contributed by atoms with Crippen LogP contribution in [0.3, 0.4) is 0 Å². The van der Waals surface area contributed by atoms with Crippen LogP contribution in [0.5, 0.6) is 5.75 Å². The highest BCUT2D eigenvalue weighted by Gasteiger charge is 2.53. The molecular formula is C18H20N2O5. The molecule has 1 aliphatic carbocycles. The molecule has 7 nitrogen and oxygen atoms in total. The molecule has 1 atom stereocenters. The van der Waals surface area contributed by atoms with Crippen molar-refractivity contribution < 1.29 is 23.5 Å². The number of fused-ring (bicyclic) bond motifs is 1. The average molecular weight is 344 g/mol. The predicted octanol–water partition coefficient (Wildman–Crippen LogP) is 2.33. The number of methoxy groups -OCH3 is 1. The average Bonchev–Trinajstić information content (AvgIpc) is 3.31. The molecule has 1 aromatic carbocycles. The Hall–Kier alpha value is -2.57. The van der Waals surface area contributed by atoms with Gasteiger partial charge in [0.1, 0.15) is 16.9 Å². The van der Waals surface area contributed by atoms with E-state index < -0.39 is 11.5 Å². The first-order valence-electron chi connectivity index (χ1n) is 8.53. The van der Waals surface area contributed by atoms with Gasteiger partial charge in [-0.15, -0.1) is 0 Å². The van der Waals surface area contributed by atoms with E-state index in [1.54, 1.807) is 25.3 Å². The van der Waals surface area contributed by atoms with Crippen LogP contribution < -0.4 is 10.1 Å². The van der Waals surface area contributed by atoms with Gasteiger partial charge in [-0.25, -0.2) is 4.98 Å². The largest absolute Gasteiger partial charge is 0.497 e. The summed E-state index contributed by atoms with van der Waals surface area (Å²) < 4.78 is 16.3. The SMILES string of the molecule is COc1ccc2oc(CNC(=O)C3CC(=O)OC34CCCC4)nc2c1. The van der Waals surface area contributed by atoms with E-state index in [4.69, 9.17) is 13.9 Å². The van der Waals surface area contributed by atoms with Crippen LogP contribution in [0.15, 0.2) is 22.6 Å². The molecule has 1 saturated heterocycles. The van der Waals surface area contributed by atoms with Crippen molar-refractivity contribution in [1.29, 1.82) is 0 Å². The lowest BCUT2D eigenvalue weighted by atomic mass is 9.85. The van der Waals surface area contributed by atoms with Crippen LogP contribution in [-0.2, 0) is 20.9 Å². The molecule has 1 unspecified atom stereocenters. The van der Waals surface area contributed by atoms with Gasteiger partial charge >= 0.3 is 5.97 Å². The van der Waals surface area contributed by atoms with Crippen LogP contribution in [0.4, 0.5) is 0 Å². The number of ether oxygens (including phenoxy) is 2. The van der Waals surface area contributed by atoms with Gasteiger partial charge in [-0.1, -0.05) is 0 Å². The fraction of sp³-hybridized carbons (Fsp3) is 0.500. The standard InChI is InChI=1S/C18H20N2O5/c1-23-11-4-5-14-13(8-11)20-15(24-14)10-19-17(22)12-9-16(21)25-18(12)6-2-3-7-18/h4-5,8,12H,2-3,6-7,9-10H2,1H3,(H,19,22). The number of amides is 1. The molecule has 1 spiro atoms. The zero-order valence-electron chi connectivity index (χ0n) is 14.0. The first-order valence-corrected chi connectivity index (χ1v) is 8.53.